The first-order valence-corrected chi connectivity index (χ1v) is 7.82. The minimum absolute atomic E-state index is 0.223. The van der Waals surface area contributed by atoms with Gasteiger partial charge in [-0.2, -0.15) is 0 Å². The number of nitrogens with zero attached hydrogens (tertiary/aromatic N) is 1. The third-order valence-electron chi connectivity index (χ3n) is 3.45. The number of carbonyl (C=O) groups is 4. The SMILES string of the molecule is CCCC(NC(=O)CN1C(=O)c2ccc(Br)cc2C1=O)C(=O)O. The van der Waals surface area contributed by atoms with Gasteiger partial charge in [-0.05, 0) is 24.6 Å². The van der Waals surface area contributed by atoms with Gasteiger partial charge in [0.25, 0.3) is 11.8 Å². The lowest BCUT2D eigenvalue weighted by molar-refractivity contribution is -0.142. The lowest BCUT2D eigenvalue weighted by Gasteiger charge is -2.17. The van der Waals surface area contributed by atoms with E-state index in [0.29, 0.717) is 10.9 Å². The lowest BCUT2D eigenvalue weighted by Crippen LogP contribution is -2.46. The molecule has 0 bridgehead atoms. The van der Waals surface area contributed by atoms with Crippen LogP contribution in [0.3, 0.4) is 0 Å². The molecule has 1 aromatic rings. The molecule has 0 saturated heterocycles. The number of carboxylic acids is 1. The molecule has 8 heteroatoms. The van der Waals surface area contributed by atoms with Crippen molar-refractivity contribution in [3.63, 3.8) is 0 Å². The fraction of sp³-hybridized carbons (Fsp3) is 0.333. The van der Waals surface area contributed by atoms with Crippen LogP contribution in [0, 0.1) is 0 Å². The molecule has 1 aliphatic heterocycles. The van der Waals surface area contributed by atoms with Crippen molar-refractivity contribution in [2.45, 2.75) is 25.8 Å². The number of carbonyl (C=O) groups excluding carboxylic acids is 3. The Morgan fingerprint density at radius 1 is 1.26 bits per heavy atom. The Morgan fingerprint density at radius 3 is 2.52 bits per heavy atom. The summed E-state index contributed by atoms with van der Waals surface area (Å²) < 4.78 is 0.651. The lowest BCUT2D eigenvalue weighted by atomic mass is 10.1. The highest BCUT2D eigenvalue weighted by Gasteiger charge is 2.37. The summed E-state index contributed by atoms with van der Waals surface area (Å²) in [5.41, 5.74) is 0.454. The van der Waals surface area contributed by atoms with Crippen molar-refractivity contribution in [2.75, 3.05) is 6.54 Å². The maximum Gasteiger partial charge on any atom is 0.326 e. The average molecular weight is 383 g/mol. The van der Waals surface area contributed by atoms with Crippen LogP contribution >= 0.6 is 15.9 Å². The van der Waals surface area contributed by atoms with Gasteiger partial charge < -0.3 is 10.4 Å². The number of rotatable bonds is 6. The summed E-state index contributed by atoms with van der Waals surface area (Å²) in [6, 6.07) is 3.63. The second-order valence-corrected chi connectivity index (χ2v) is 6.05. The quantitative estimate of drug-likeness (QED) is 0.723. The van der Waals surface area contributed by atoms with Gasteiger partial charge in [0.05, 0.1) is 11.1 Å². The van der Waals surface area contributed by atoms with Gasteiger partial charge in [0, 0.05) is 4.47 Å². The summed E-state index contributed by atoms with van der Waals surface area (Å²) in [4.78, 5) is 48.2. The van der Waals surface area contributed by atoms with E-state index in [4.69, 9.17) is 5.11 Å². The molecule has 0 saturated carbocycles. The molecule has 0 radical (unpaired) electrons. The molecule has 23 heavy (non-hydrogen) atoms. The number of imide groups is 1. The van der Waals surface area contributed by atoms with Crippen LogP contribution in [-0.2, 0) is 9.59 Å². The molecule has 1 atom stereocenters. The van der Waals surface area contributed by atoms with E-state index in [1.807, 2.05) is 0 Å². The number of hydrogen-bond donors (Lipinski definition) is 2. The highest BCUT2D eigenvalue weighted by molar-refractivity contribution is 9.10. The highest BCUT2D eigenvalue weighted by atomic mass is 79.9. The predicted octanol–water partition coefficient (Wildman–Crippen LogP) is 1.41. The predicted molar refractivity (Wildman–Crippen MR) is 84.0 cm³/mol. The second kappa shape index (κ2) is 6.91. The van der Waals surface area contributed by atoms with E-state index >= 15 is 0 Å². The number of carboxylic acid groups (broad SMARTS) is 1. The molecule has 2 rings (SSSR count). The Hall–Kier alpha value is -2.22. The van der Waals surface area contributed by atoms with Gasteiger partial charge in [-0.15, -0.1) is 0 Å². The van der Waals surface area contributed by atoms with E-state index in [1.54, 1.807) is 13.0 Å². The van der Waals surface area contributed by atoms with Crippen LogP contribution in [0.2, 0.25) is 0 Å². The van der Waals surface area contributed by atoms with Gasteiger partial charge in [0.15, 0.2) is 0 Å². The van der Waals surface area contributed by atoms with E-state index in [0.717, 1.165) is 4.90 Å². The number of fused-ring (bicyclic) bond motifs is 1. The van der Waals surface area contributed by atoms with Gasteiger partial charge >= 0.3 is 5.97 Å². The Labute approximate surface area is 140 Å². The molecule has 1 unspecified atom stereocenters. The first-order valence-electron chi connectivity index (χ1n) is 7.03. The molecule has 0 spiro atoms. The Morgan fingerprint density at radius 2 is 1.91 bits per heavy atom. The number of aliphatic carboxylic acids is 1. The van der Waals surface area contributed by atoms with E-state index in [-0.39, 0.29) is 17.5 Å². The van der Waals surface area contributed by atoms with Crippen LogP contribution in [0.25, 0.3) is 0 Å². The van der Waals surface area contributed by atoms with Crippen molar-refractivity contribution < 1.29 is 24.3 Å². The van der Waals surface area contributed by atoms with E-state index < -0.39 is 36.3 Å². The third-order valence-corrected chi connectivity index (χ3v) is 3.94. The molecule has 1 heterocycles. The standard InChI is InChI=1S/C15H15BrN2O5/c1-2-3-11(15(22)23)17-12(19)7-18-13(20)9-5-4-8(16)6-10(9)14(18)21/h4-6,11H,2-3,7H2,1H3,(H,17,19)(H,22,23). The summed E-state index contributed by atoms with van der Waals surface area (Å²) in [6.07, 6.45) is 0.856. The smallest absolute Gasteiger partial charge is 0.326 e. The number of halogens is 1. The Kier molecular flexibility index (Phi) is 5.15. The average Bonchev–Trinajstić information content (AvgIpc) is 2.71. The largest absolute Gasteiger partial charge is 0.480 e. The van der Waals surface area contributed by atoms with Gasteiger partial charge in [0.2, 0.25) is 5.91 Å². The van der Waals surface area contributed by atoms with Gasteiger partial charge in [-0.3, -0.25) is 19.3 Å². The zero-order valence-electron chi connectivity index (χ0n) is 12.3. The van der Waals surface area contributed by atoms with Crippen LogP contribution in [0.4, 0.5) is 0 Å². The number of amides is 3. The van der Waals surface area contributed by atoms with E-state index in [2.05, 4.69) is 21.2 Å². The second-order valence-electron chi connectivity index (χ2n) is 5.13. The minimum Gasteiger partial charge on any atom is -0.480 e. The molecule has 0 aromatic heterocycles. The van der Waals surface area contributed by atoms with Crippen LogP contribution in [-0.4, -0.2) is 46.3 Å². The monoisotopic (exact) mass is 382 g/mol. The normalized spacial score (nSPS) is 14.6. The summed E-state index contributed by atoms with van der Waals surface area (Å²) in [5, 5.41) is 11.4. The molecule has 2 N–H and O–H groups in total. The van der Waals surface area contributed by atoms with Crippen LogP contribution < -0.4 is 5.32 Å². The van der Waals surface area contributed by atoms with Gasteiger partial charge in [0.1, 0.15) is 12.6 Å². The first kappa shape index (κ1) is 17.1. The zero-order chi connectivity index (χ0) is 17.1. The summed E-state index contributed by atoms with van der Waals surface area (Å²) in [6.45, 7) is 1.29. The van der Waals surface area contributed by atoms with Crippen molar-refractivity contribution in [2.24, 2.45) is 0 Å². The fourth-order valence-corrected chi connectivity index (χ4v) is 2.70. The van der Waals surface area contributed by atoms with Crippen LogP contribution in [0.1, 0.15) is 40.5 Å². The highest BCUT2D eigenvalue weighted by Crippen LogP contribution is 2.25. The molecular weight excluding hydrogens is 368 g/mol. The van der Waals surface area contributed by atoms with Crippen molar-refractivity contribution in [3.05, 3.63) is 33.8 Å². The molecule has 122 valence electrons. The summed E-state index contributed by atoms with van der Waals surface area (Å²) in [5.74, 6) is -2.95. The first-order chi connectivity index (χ1) is 10.8. The molecule has 1 aromatic carbocycles. The molecule has 0 aliphatic carbocycles. The topological polar surface area (TPSA) is 104 Å². The fourth-order valence-electron chi connectivity index (χ4n) is 2.34. The molecule has 1 aliphatic rings. The third kappa shape index (κ3) is 3.58. The van der Waals surface area contributed by atoms with Gasteiger partial charge in [-0.1, -0.05) is 29.3 Å². The number of nitrogens with one attached hydrogen (secondary N) is 1. The molecular formula is C15H15BrN2O5. The minimum atomic E-state index is -1.15. The van der Waals surface area contributed by atoms with Crippen LogP contribution in [0.5, 0.6) is 0 Å². The van der Waals surface area contributed by atoms with Crippen molar-refractivity contribution >= 4 is 39.6 Å². The van der Waals surface area contributed by atoms with E-state index in [9.17, 15) is 19.2 Å². The molecule has 3 amide bonds. The maximum absolute atomic E-state index is 12.2. The van der Waals surface area contributed by atoms with Gasteiger partial charge in [-0.25, -0.2) is 4.79 Å². The molecule has 7 nitrogen and oxygen atoms in total. The Bertz CT molecular complexity index is 688. The summed E-state index contributed by atoms with van der Waals surface area (Å²) >= 11 is 3.22. The molecule has 0 fully saturated rings. The number of benzene rings is 1. The van der Waals surface area contributed by atoms with Crippen molar-refractivity contribution in [1.82, 2.24) is 10.2 Å². The number of hydrogen-bond acceptors (Lipinski definition) is 4. The van der Waals surface area contributed by atoms with Crippen molar-refractivity contribution in [1.29, 1.82) is 0 Å². The maximum atomic E-state index is 12.2. The van der Waals surface area contributed by atoms with E-state index in [1.165, 1.54) is 12.1 Å². The summed E-state index contributed by atoms with van der Waals surface area (Å²) in [7, 11) is 0. The van der Waals surface area contributed by atoms with Crippen molar-refractivity contribution in [3.8, 4) is 0 Å². The van der Waals surface area contributed by atoms with Crippen LogP contribution in [0.15, 0.2) is 22.7 Å². The zero-order valence-corrected chi connectivity index (χ0v) is 13.9. The Balaban J connectivity index is 2.09.